The molecule has 2 aromatic carbocycles. The minimum absolute atomic E-state index is 0.240. The molecule has 25 heavy (non-hydrogen) atoms. The molecule has 5 nitrogen and oxygen atoms in total. The van der Waals surface area contributed by atoms with Gasteiger partial charge in [-0.05, 0) is 24.3 Å². The molecule has 0 aromatic heterocycles. The quantitative estimate of drug-likeness (QED) is 0.745. The number of hydrogen-bond donors (Lipinski definition) is 1. The molecule has 0 radical (unpaired) electrons. The van der Waals surface area contributed by atoms with E-state index < -0.39 is 32.4 Å². The summed E-state index contributed by atoms with van der Waals surface area (Å²) < 4.78 is 60.3. The topological polar surface area (TPSA) is 64.6 Å². The third-order valence-corrected chi connectivity index (χ3v) is 4.65. The van der Waals surface area contributed by atoms with Crippen LogP contribution in [0.4, 0.5) is 13.2 Å². The number of benzene rings is 2. The van der Waals surface area contributed by atoms with E-state index in [2.05, 4.69) is 0 Å². The lowest BCUT2D eigenvalue weighted by Crippen LogP contribution is -2.38. The van der Waals surface area contributed by atoms with Crippen LogP contribution in [-0.4, -0.2) is 24.8 Å². The van der Waals surface area contributed by atoms with E-state index >= 15 is 0 Å². The van der Waals surface area contributed by atoms with Gasteiger partial charge in [0.2, 0.25) is 0 Å². The molecule has 0 heterocycles. The normalized spacial score (nSPS) is 11.6. The second-order valence-electron chi connectivity index (χ2n) is 4.90. The van der Waals surface area contributed by atoms with Gasteiger partial charge in [0.25, 0.3) is 0 Å². The molecule has 0 atom stereocenters. The SMILES string of the molecule is O=C(NCCP(=O)(Oc1ccccc1)Oc1ccccc1)C(F)(F)F. The molecule has 0 fully saturated rings. The lowest BCUT2D eigenvalue weighted by molar-refractivity contribution is -0.173. The van der Waals surface area contributed by atoms with E-state index in [0.717, 1.165) is 0 Å². The van der Waals surface area contributed by atoms with E-state index in [9.17, 15) is 22.5 Å². The van der Waals surface area contributed by atoms with Crippen molar-refractivity contribution in [2.75, 3.05) is 12.7 Å². The van der Waals surface area contributed by atoms with Crippen LogP contribution in [0.15, 0.2) is 60.7 Å². The Hall–Kier alpha value is -2.47. The highest BCUT2D eigenvalue weighted by Crippen LogP contribution is 2.48. The predicted octanol–water partition coefficient (Wildman–Crippen LogP) is 4.02. The molecule has 9 heteroatoms. The van der Waals surface area contributed by atoms with Crippen molar-refractivity contribution in [2.24, 2.45) is 0 Å². The van der Waals surface area contributed by atoms with Crippen LogP contribution in [0.2, 0.25) is 0 Å². The number of rotatable bonds is 7. The molecule has 1 amide bonds. The van der Waals surface area contributed by atoms with Crippen LogP contribution in [0, 0.1) is 0 Å². The molecular weight excluding hydrogens is 358 g/mol. The largest absolute Gasteiger partial charge is 0.471 e. The van der Waals surface area contributed by atoms with Gasteiger partial charge in [-0.15, -0.1) is 0 Å². The summed E-state index contributed by atoms with van der Waals surface area (Å²) in [6.07, 6.45) is -5.44. The zero-order chi connectivity index (χ0) is 18.3. The summed E-state index contributed by atoms with van der Waals surface area (Å²) in [6, 6.07) is 16.2. The molecule has 0 saturated carbocycles. The molecule has 0 saturated heterocycles. The van der Waals surface area contributed by atoms with Crippen molar-refractivity contribution in [3.63, 3.8) is 0 Å². The average molecular weight is 373 g/mol. The third kappa shape index (κ3) is 6.15. The zero-order valence-corrected chi connectivity index (χ0v) is 13.8. The van der Waals surface area contributed by atoms with Crippen molar-refractivity contribution in [2.45, 2.75) is 6.18 Å². The minimum atomic E-state index is -5.01. The maximum atomic E-state index is 12.9. The van der Waals surface area contributed by atoms with Crippen LogP contribution < -0.4 is 14.4 Å². The van der Waals surface area contributed by atoms with Crippen molar-refractivity contribution in [3.8, 4) is 11.5 Å². The van der Waals surface area contributed by atoms with Gasteiger partial charge in [0.15, 0.2) is 0 Å². The van der Waals surface area contributed by atoms with Crippen LogP contribution in [0.1, 0.15) is 0 Å². The van der Waals surface area contributed by atoms with Crippen molar-refractivity contribution in [3.05, 3.63) is 60.7 Å². The zero-order valence-electron chi connectivity index (χ0n) is 12.9. The number of halogens is 3. The lowest BCUT2D eigenvalue weighted by atomic mass is 10.3. The molecule has 1 N–H and O–H groups in total. The number of nitrogens with one attached hydrogen (secondary N) is 1. The average Bonchev–Trinajstić information content (AvgIpc) is 2.55. The smallest absolute Gasteiger partial charge is 0.416 e. The van der Waals surface area contributed by atoms with E-state index in [0.29, 0.717) is 0 Å². The molecule has 0 unspecified atom stereocenters. The van der Waals surface area contributed by atoms with Crippen molar-refractivity contribution in [1.29, 1.82) is 0 Å². The van der Waals surface area contributed by atoms with E-state index in [4.69, 9.17) is 9.05 Å². The second kappa shape index (κ2) is 8.07. The molecular formula is C16H15F3NO4P. The van der Waals surface area contributed by atoms with Gasteiger partial charge in [-0.1, -0.05) is 36.4 Å². The minimum Gasteiger partial charge on any atom is -0.416 e. The lowest BCUT2D eigenvalue weighted by Gasteiger charge is -2.20. The van der Waals surface area contributed by atoms with Gasteiger partial charge in [0, 0.05) is 6.54 Å². The van der Waals surface area contributed by atoms with Crippen LogP contribution in [0.25, 0.3) is 0 Å². The molecule has 134 valence electrons. The van der Waals surface area contributed by atoms with Gasteiger partial charge in [-0.3, -0.25) is 4.79 Å². The highest BCUT2D eigenvalue weighted by Gasteiger charge is 2.39. The summed E-state index contributed by atoms with van der Waals surface area (Å²) >= 11 is 0. The monoisotopic (exact) mass is 373 g/mol. The van der Waals surface area contributed by atoms with Gasteiger partial charge in [-0.2, -0.15) is 13.2 Å². The fraction of sp³-hybridized carbons (Fsp3) is 0.188. The Balaban J connectivity index is 2.09. The molecule has 2 rings (SSSR count). The number of carbonyl (C=O) groups is 1. The number of amides is 1. The Kier molecular flexibility index (Phi) is 6.09. The fourth-order valence-electron chi connectivity index (χ4n) is 1.80. The first-order chi connectivity index (χ1) is 11.8. The van der Waals surface area contributed by atoms with Gasteiger partial charge in [-0.25, -0.2) is 4.57 Å². The summed E-state index contributed by atoms with van der Waals surface area (Å²) in [5.74, 6) is -1.63. The molecule has 0 aliphatic rings. The Morgan fingerprint density at radius 2 is 1.36 bits per heavy atom. The maximum Gasteiger partial charge on any atom is 0.471 e. The number of carbonyl (C=O) groups excluding carboxylic acids is 1. The highest BCUT2D eigenvalue weighted by atomic mass is 31.2. The first-order valence-corrected chi connectivity index (χ1v) is 8.95. The first-order valence-electron chi connectivity index (χ1n) is 7.22. The van der Waals surface area contributed by atoms with Gasteiger partial charge < -0.3 is 14.4 Å². The molecule has 2 aromatic rings. The van der Waals surface area contributed by atoms with Crippen LogP contribution in [0.5, 0.6) is 11.5 Å². The Bertz CT molecular complexity index is 693. The highest BCUT2D eigenvalue weighted by molar-refractivity contribution is 7.54. The Labute approximate surface area is 142 Å². The van der Waals surface area contributed by atoms with E-state index in [-0.39, 0.29) is 11.5 Å². The standard InChI is InChI=1S/C16H15F3NO4P/c17-16(18,19)15(21)20-11-12-25(22,23-13-7-3-1-4-8-13)24-14-9-5-2-6-10-14/h1-10H,11-12H2,(H,20,21). The summed E-state index contributed by atoms with van der Waals surface area (Å²) in [5, 5.41) is 1.65. The second-order valence-corrected chi connectivity index (χ2v) is 6.93. The van der Waals surface area contributed by atoms with Crippen molar-refractivity contribution < 1.29 is 31.6 Å². The van der Waals surface area contributed by atoms with Crippen LogP contribution in [0.3, 0.4) is 0 Å². The molecule has 0 bridgehead atoms. The summed E-state index contributed by atoms with van der Waals surface area (Å²) in [4.78, 5) is 10.9. The van der Waals surface area contributed by atoms with E-state index in [1.165, 1.54) is 24.3 Å². The summed E-state index contributed by atoms with van der Waals surface area (Å²) in [7, 11) is -3.85. The van der Waals surface area contributed by atoms with E-state index in [1.54, 1.807) is 41.7 Å². The van der Waals surface area contributed by atoms with Crippen molar-refractivity contribution in [1.82, 2.24) is 5.32 Å². The number of para-hydroxylation sites is 2. The number of hydrogen-bond acceptors (Lipinski definition) is 4. The van der Waals surface area contributed by atoms with Crippen LogP contribution in [-0.2, 0) is 9.36 Å². The summed E-state index contributed by atoms with van der Waals surface area (Å²) in [5.41, 5.74) is 0. The van der Waals surface area contributed by atoms with Crippen LogP contribution >= 0.6 is 7.60 Å². The Morgan fingerprint density at radius 1 is 0.920 bits per heavy atom. The fourth-order valence-corrected chi connectivity index (χ4v) is 3.29. The maximum absolute atomic E-state index is 12.9. The van der Waals surface area contributed by atoms with E-state index in [1.807, 2.05) is 0 Å². The van der Waals surface area contributed by atoms with Gasteiger partial charge in [0.05, 0.1) is 6.16 Å². The first kappa shape index (κ1) is 18.9. The van der Waals surface area contributed by atoms with Gasteiger partial charge >= 0.3 is 19.7 Å². The Morgan fingerprint density at radius 3 is 1.76 bits per heavy atom. The number of alkyl halides is 3. The predicted molar refractivity (Wildman–Crippen MR) is 85.7 cm³/mol. The van der Waals surface area contributed by atoms with Crippen molar-refractivity contribution >= 4 is 13.5 Å². The summed E-state index contributed by atoms with van der Waals surface area (Å²) in [6.45, 7) is -0.519. The molecule has 0 aliphatic carbocycles. The van der Waals surface area contributed by atoms with Gasteiger partial charge in [0.1, 0.15) is 11.5 Å². The molecule has 0 spiro atoms. The third-order valence-electron chi connectivity index (χ3n) is 2.90. The molecule has 0 aliphatic heterocycles.